The number of hydrogen-bond donors (Lipinski definition) is 1. The van der Waals surface area contributed by atoms with Crippen LogP contribution in [0.25, 0.3) is 0 Å². The van der Waals surface area contributed by atoms with Gasteiger partial charge in [0, 0.05) is 31.0 Å². The van der Waals surface area contributed by atoms with E-state index < -0.39 is 0 Å². The topological polar surface area (TPSA) is 73.3 Å². The third-order valence-corrected chi connectivity index (χ3v) is 8.28. The largest absolute Gasteiger partial charge is 0.424 e. The Morgan fingerprint density at radius 1 is 1.19 bits per heavy atom. The molecule has 5 rings (SSSR count). The maximum Gasteiger partial charge on any atom is 0.321 e. The molecule has 1 saturated heterocycles. The number of amides is 1. The van der Waals surface area contributed by atoms with Gasteiger partial charge in [0.2, 0.25) is 5.91 Å². The van der Waals surface area contributed by atoms with E-state index in [0.717, 1.165) is 19.4 Å². The average Bonchev–Trinajstić information content (AvgIpc) is 3.27. The zero-order valence-electron chi connectivity index (χ0n) is 19.4. The summed E-state index contributed by atoms with van der Waals surface area (Å²) in [5.41, 5.74) is 1.39. The van der Waals surface area contributed by atoms with E-state index in [1.54, 1.807) is 18.5 Å². The zero-order valence-corrected chi connectivity index (χ0v) is 19.4. The van der Waals surface area contributed by atoms with Gasteiger partial charge in [-0.1, -0.05) is 39.8 Å². The quantitative estimate of drug-likeness (QED) is 0.721. The van der Waals surface area contributed by atoms with E-state index in [9.17, 15) is 4.79 Å². The Morgan fingerprint density at radius 3 is 2.59 bits per heavy atom. The first-order valence-electron chi connectivity index (χ1n) is 11.8. The van der Waals surface area contributed by atoms with Gasteiger partial charge >= 0.3 is 6.01 Å². The molecule has 2 bridgehead atoms. The van der Waals surface area contributed by atoms with E-state index in [1.807, 2.05) is 26.0 Å². The van der Waals surface area contributed by atoms with E-state index in [0.29, 0.717) is 23.6 Å². The molecule has 1 N–H and O–H groups in total. The van der Waals surface area contributed by atoms with E-state index in [4.69, 9.17) is 9.47 Å². The Labute approximate surface area is 190 Å². The van der Waals surface area contributed by atoms with Gasteiger partial charge < -0.3 is 14.8 Å². The molecule has 0 unspecified atom stereocenters. The van der Waals surface area contributed by atoms with Gasteiger partial charge in [-0.2, -0.15) is 0 Å². The lowest BCUT2D eigenvalue weighted by Crippen LogP contribution is -2.59. The van der Waals surface area contributed by atoms with E-state index in [1.165, 1.54) is 12.0 Å². The Bertz CT molecular complexity index is 976. The fourth-order valence-corrected chi connectivity index (χ4v) is 6.60. The van der Waals surface area contributed by atoms with Crippen LogP contribution in [0.3, 0.4) is 0 Å². The summed E-state index contributed by atoms with van der Waals surface area (Å²) in [6.45, 7) is 9.36. The molecule has 0 radical (unpaired) electrons. The number of carbonyl (C=O) groups is 1. The van der Waals surface area contributed by atoms with Crippen LogP contribution in [-0.4, -0.2) is 28.5 Å². The maximum atomic E-state index is 12.7. The Hall–Kier alpha value is -2.47. The lowest BCUT2D eigenvalue weighted by molar-refractivity contribution is -0.139. The predicted octanol–water partition coefficient (Wildman–Crippen LogP) is 4.92. The predicted molar refractivity (Wildman–Crippen MR) is 121 cm³/mol. The highest BCUT2D eigenvalue weighted by molar-refractivity contribution is 5.78. The second-order valence-corrected chi connectivity index (χ2v) is 10.6. The van der Waals surface area contributed by atoms with Crippen molar-refractivity contribution in [3.63, 3.8) is 0 Å². The van der Waals surface area contributed by atoms with Gasteiger partial charge in [0.15, 0.2) is 0 Å². The van der Waals surface area contributed by atoms with Gasteiger partial charge in [-0.25, -0.2) is 9.97 Å². The lowest BCUT2D eigenvalue weighted by Gasteiger charge is -2.53. The highest BCUT2D eigenvalue weighted by atomic mass is 16.5. The van der Waals surface area contributed by atoms with Gasteiger partial charge in [0.1, 0.15) is 5.75 Å². The van der Waals surface area contributed by atoms with Gasteiger partial charge in [-0.3, -0.25) is 4.79 Å². The molecule has 6 nitrogen and oxygen atoms in total. The molecule has 5 atom stereocenters. The fraction of sp³-hybridized carbons (Fsp3) is 0.577. The normalized spacial score (nSPS) is 32.5. The van der Waals surface area contributed by atoms with E-state index in [-0.39, 0.29) is 34.8 Å². The SMILES string of the molecule is CC(C)C(=O)N[C@H]1C(C)(C)[C@@H]2C[C@@H]3[C@@H](c4ccc(Oc5ncccn5)cc4)OCC[C@@]31C2. The minimum Gasteiger partial charge on any atom is -0.424 e. The molecule has 3 fully saturated rings. The van der Waals surface area contributed by atoms with Crippen LogP contribution in [0.15, 0.2) is 42.7 Å². The Balaban J connectivity index is 1.39. The van der Waals surface area contributed by atoms with Gasteiger partial charge in [-0.05, 0) is 65.7 Å². The molecular weight excluding hydrogens is 402 g/mol. The van der Waals surface area contributed by atoms with Crippen molar-refractivity contribution in [1.82, 2.24) is 15.3 Å². The molecule has 3 aliphatic rings. The number of nitrogens with zero attached hydrogens (tertiary/aromatic N) is 2. The molecule has 1 aromatic heterocycles. The van der Waals surface area contributed by atoms with Crippen LogP contribution in [-0.2, 0) is 9.53 Å². The minimum atomic E-state index is -0.00319. The highest BCUT2D eigenvalue weighted by Crippen LogP contribution is 2.70. The molecule has 2 saturated carbocycles. The van der Waals surface area contributed by atoms with Crippen LogP contribution in [0.2, 0.25) is 0 Å². The first kappa shape index (κ1) is 21.4. The van der Waals surface area contributed by atoms with Crippen LogP contribution in [0, 0.1) is 28.6 Å². The van der Waals surface area contributed by atoms with Crippen molar-refractivity contribution in [2.75, 3.05) is 6.61 Å². The van der Waals surface area contributed by atoms with Crippen LogP contribution in [0.1, 0.15) is 58.6 Å². The third-order valence-electron chi connectivity index (χ3n) is 8.28. The summed E-state index contributed by atoms with van der Waals surface area (Å²) in [7, 11) is 0. The van der Waals surface area contributed by atoms with Crippen LogP contribution < -0.4 is 10.1 Å². The number of rotatable bonds is 5. The van der Waals surface area contributed by atoms with Gasteiger partial charge in [0.05, 0.1) is 6.10 Å². The average molecular weight is 436 g/mol. The molecule has 6 heteroatoms. The first-order valence-corrected chi connectivity index (χ1v) is 11.8. The molecule has 2 heterocycles. The van der Waals surface area contributed by atoms with Crippen molar-refractivity contribution < 1.29 is 14.3 Å². The molecule has 32 heavy (non-hydrogen) atoms. The number of nitrogens with one attached hydrogen (secondary N) is 1. The summed E-state index contributed by atoms with van der Waals surface area (Å²) in [6.07, 6.45) is 6.73. The maximum absolute atomic E-state index is 12.7. The summed E-state index contributed by atoms with van der Waals surface area (Å²) >= 11 is 0. The van der Waals surface area contributed by atoms with Crippen molar-refractivity contribution in [3.05, 3.63) is 48.3 Å². The number of aromatic nitrogens is 2. The van der Waals surface area contributed by atoms with Crippen molar-refractivity contribution in [1.29, 1.82) is 0 Å². The number of carbonyl (C=O) groups excluding carboxylic acids is 1. The highest BCUT2D eigenvalue weighted by Gasteiger charge is 2.68. The molecule has 1 spiro atoms. The summed E-state index contributed by atoms with van der Waals surface area (Å²) < 4.78 is 12.1. The summed E-state index contributed by atoms with van der Waals surface area (Å²) in [5, 5.41) is 3.47. The first-order chi connectivity index (χ1) is 15.3. The van der Waals surface area contributed by atoms with Crippen molar-refractivity contribution in [3.8, 4) is 11.8 Å². The minimum absolute atomic E-state index is 0.00319. The summed E-state index contributed by atoms with van der Waals surface area (Å²) in [4.78, 5) is 20.9. The molecule has 1 amide bonds. The molecule has 170 valence electrons. The summed E-state index contributed by atoms with van der Waals surface area (Å²) in [6, 6.07) is 10.4. The molecular formula is C26H33N3O3. The number of fused-ring (bicyclic) bond motifs is 1. The molecule has 1 aromatic carbocycles. The second-order valence-electron chi connectivity index (χ2n) is 10.6. The molecule has 2 aliphatic carbocycles. The number of benzene rings is 1. The second kappa shape index (κ2) is 7.84. The van der Waals surface area contributed by atoms with Gasteiger partial charge in [-0.15, -0.1) is 0 Å². The smallest absolute Gasteiger partial charge is 0.321 e. The third kappa shape index (κ3) is 3.40. The van der Waals surface area contributed by atoms with Crippen LogP contribution >= 0.6 is 0 Å². The number of ether oxygens (including phenoxy) is 2. The monoisotopic (exact) mass is 435 g/mol. The standard InChI is InChI=1S/C26H33N3O3/c1-16(2)22(30)29-23-25(3,4)18-14-20-21(31-13-10-26(20,23)15-18)17-6-8-19(9-7-17)32-24-27-11-5-12-28-24/h5-9,11-12,16,18,20-21,23H,10,13-15H2,1-4H3,(H,29,30)/t18-,20-,21-,23+,26-/m1/s1. The van der Waals surface area contributed by atoms with Crippen LogP contribution in [0.5, 0.6) is 11.8 Å². The van der Waals surface area contributed by atoms with E-state index >= 15 is 0 Å². The van der Waals surface area contributed by atoms with Crippen LogP contribution in [0.4, 0.5) is 0 Å². The van der Waals surface area contributed by atoms with Crippen molar-refractivity contribution in [2.24, 2.45) is 28.6 Å². The van der Waals surface area contributed by atoms with Crippen molar-refractivity contribution in [2.45, 2.75) is 59.1 Å². The fourth-order valence-electron chi connectivity index (χ4n) is 6.60. The van der Waals surface area contributed by atoms with Gasteiger partial charge in [0.25, 0.3) is 0 Å². The number of hydrogen-bond acceptors (Lipinski definition) is 5. The lowest BCUT2D eigenvalue weighted by atomic mass is 9.58. The van der Waals surface area contributed by atoms with E-state index in [2.05, 4.69) is 41.3 Å². The van der Waals surface area contributed by atoms with Crippen molar-refractivity contribution >= 4 is 5.91 Å². The molecule has 2 aromatic rings. The molecule has 1 aliphatic heterocycles. The Morgan fingerprint density at radius 2 is 1.91 bits per heavy atom. The zero-order chi connectivity index (χ0) is 22.5. The Kier molecular flexibility index (Phi) is 5.24. The summed E-state index contributed by atoms with van der Waals surface area (Å²) in [5.74, 6) is 1.89.